The van der Waals surface area contributed by atoms with Crippen LogP contribution in [0.5, 0.6) is 0 Å². The van der Waals surface area contributed by atoms with Gasteiger partial charge in [-0.1, -0.05) is 0 Å². The summed E-state index contributed by atoms with van der Waals surface area (Å²) in [6, 6.07) is 0. The summed E-state index contributed by atoms with van der Waals surface area (Å²) >= 11 is 0. The van der Waals surface area contributed by atoms with Crippen molar-refractivity contribution >= 4 is 11.7 Å². The average molecular weight is 172 g/mol. The minimum atomic E-state index is -1.43. The van der Waals surface area contributed by atoms with Gasteiger partial charge < -0.3 is 21.1 Å². The van der Waals surface area contributed by atoms with Crippen LogP contribution in [0.25, 0.3) is 0 Å². The molecule has 0 atom stereocenters. The highest BCUT2D eigenvalue weighted by molar-refractivity contribution is 6.40. The second kappa shape index (κ2) is 4.02. The first-order valence-corrected chi connectivity index (χ1v) is 2.79. The monoisotopic (exact) mass is 172 g/mol. The maximum absolute atomic E-state index is 10.3. The van der Waals surface area contributed by atoms with Crippen LogP contribution >= 0.6 is 0 Å². The fraction of sp³-hybridized carbons (Fsp3) is 0. The van der Waals surface area contributed by atoms with Crippen molar-refractivity contribution in [1.29, 1.82) is 0 Å². The summed E-state index contributed by atoms with van der Waals surface area (Å²) in [6.07, 6.45) is 0.684. The molecule has 0 aliphatic carbocycles. The average Bonchev–Trinajstić information content (AvgIpc) is 1.83. The molecule has 0 heterocycles. The molecule has 0 aromatic rings. The molecule has 66 valence electrons. The number of aliphatic imine (C=N–C) groups is 1. The van der Waals surface area contributed by atoms with Crippen LogP contribution in [0.4, 0.5) is 0 Å². The van der Waals surface area contributed by atoms with Crippen molar-refractivity contribution < 1.29 is 20.1 Å². The van der Waals surface area contributed by atoms with Crippen LogP contribution < -0.4 is 5.73 Å². The number of aliphatic hydroxyl groups excluding tert-OH is 2. The maximum atomic E-state index is 10.3. The van der Waals surface area contributed by atoms with E-state index in [0.29, 0.717) is 6.08 Å². The number of hydrogen-bond acceptors (Lipinski definition) is 5. The number of carboxylic acids is 1. The third-order valence-corrected chi connectivity index (χ3v) is 0.753. The van der Waals surface area contributed by atoms with Crippen molar-refractivity contribution in [2.45, 2.75) is 0 Å². The standard InChI is InChI=1S/C6H8N2O4/c1-3(9)8-4(6(11)12)2-5(7)10/h2,9-10H,1,7H2,(H,11,12)/b5-2+,8-4+. The molecule has 0 amide bonds. The SMILES string of the molecule is C=C(O)/N=C(\C=C(/N)O)C(=O)O. The maximum Gasteiger partial charge on any atom is 0.354 e. The third kappa shape index (κ3) is 3.94. The second-order valence-electron chi connectivity index (χ2n) is 1.79. The van der Waals surface area contributed by atoms with E-state index >= 15 is 0 Å². The first-order valence-electron chi connectivity index (χ1n) is 2.79. The summed E-state index contributed by atoms with van der Waals surface area (Å²) in [5.74, 6) is -2.82. The molecule has 0 radical (unpaired) electrons. The topological polar surface area (TPSA) is 116 Å². The third-order valence-electron chi connectivity index (χ3n) is 0.753. The Morgan fingerprint density at radius 3 is 2.17 bits per heavy atom. The molecule has 5 N–H and O–H groups in total. The quantitative estimate of drug-likeness (QED) is 0.350. The number of aliphatic hydroxyl groups is 2. The lowest BCUT2D eigenvalue weighted by Crippen LogP contribution is -2.13. The number of nitrogens with zero attached hydrogens (tertiary/aromatic N) is 1. The van der Waals surface area contributed by atoms with Crippen molar-refractivity contribution in [2.75, 3.05) is 0 Å². The smallest absolute Gasteiger partial charge is 0.354 e. The Labute approximate surface area is 68.0 Å². The van der Waals surface area contributed by atoms with Gasteiger partial charge in [0.2, 0.25) is 5.88 Å². The van der Waals surface area contributed by atoms with Gasteiger partial charge in [0.15, 0.2) is 11.6 Å². The number of nitrogens with two attached hydrogens (primary N) is 1. The van der Waals surface area contributed by atoms with Gasteiger partial charge in [-0.15, -0.1) is 0 Å². The molecule has 0 saturated heterocycles. The molecule has 12 heavy (non-hydrogen) atoms. The highest BCUT2D eigenvalue weighted by Crippen LogP contribution is 1.91. The summed E-state index contributed by atoms with van der Waals surface area (Å²) < 4.78 is 0. The van der Waals surface area contributed by atoms with Gasteiger partial charge in [-0.2, -0.15) is 0 Å². The first kappa shape index (κ1) is 10.0. The molecule has 0 aliphatic heterocycles. The summed E-state index contributed by atoms with van der Waals surface area (Å²) in [5.41, 5.74) is 4.17. The van der Waals surface area contributed by atoms with E-state index < -0.39 is 23.4 Å². The molecule has 6 nitrogen and oxygen atoms in total. The van der Waals surface area contributed by atoms with E-state index in [0.717, 1.165) is 0 Å². The molecular formula is C6H8N2O4. The van der Waals surface area contributed by atoms with Gasteiger partial charge >= 0.3 is 5.97 Å². The summed E-state index contributed by atoms with van der Waals surface area (Å²) in [7, 11) is 0. The molecule has 0 aromatic carbocycles. The molecule has 0 aromatic heterocycles. The van der Waals surface area contributed by atoms with Crippen molar-refractivity contribution in [3.8, 4) is 0 Å². The van der Waals surface area contributed by atoms with E-state index in [4.69, 9.17) is 21.1 Å². The van der Waals surface area contributed by atoms with Crippen LogP contribution in [0.15, 0.2) is 29.4 Å². The van der Waals surface area contributed by atoms with Crippen LogP contribution in [-0.4, -0.2) is 27.0 Å². The molecule has 0 bridgehead atoms. The van der Waals surface area contributed by atoms with E-state index in [1.807, 2.05) is 0 Å². The number of rotatable bonds is 3. The number of hydrogen-bond donors (Lipinski definition) is 4. The van der Waals surface area contributed by atoms with Crippen LogP contribution in [0.1, 0.15) is 0 Å². The molecule has 0 saturated carbocycles. The van der Waals surface area contributed by atoms with Crippen LogP contribution in [0.3, 0.4) is 0 Å². The minimum absolute atomic E-state index is 0.595. The number of aliphatic carboxylic acids is 1. The predicted molar refractivity (Wildman–Crippen MR) is 41.7 cm³/mol. The van der Waals surface area contributed by atoms with Crippen LogP contribution in [-0.2, 0) is 4.79 Å². The summed E-state index contributed by atoms with van der Waals surface area (Å²) in [4.78, 5) is 13.4. The first-order chi connectivity index (χ1) is 5.43. The van der Waals surface area contributed by atoms with Crippen molar-refractivity contribution in [3.05, 3.63) is 24.4 Å². The predicted octanol–water partition coefficient (Wildman–Crippen LogP) is -0.101. The van der Waals surface area contributed by atoms with Crippen LogP contribution in [0.2, 0.25) is 0 Å². The fourth-order valence-electron chi connectivity index (χ4n) is 0.421. The lowest BCUT2D eigenvalue weighted by Gasteiger charge is -1.93. The lowest BCUT2D eigenvalue weighted by atomic mass is 10.3. The Balaban J connectivity index is 4.81. The van der Waals surface area contributed by atoms with Gasteiger partial charge in [0, 0.05) is 6.08 Å². The Kier molecular flexibility index (Phi) is 3.35. The molecule has 0 unspecified atom stereocenters. The van der Waals surface area contributed by atoms with Crippen molar-refractivity contribution in [1.82, 2.24) is 0 Å². The molecule has 6 heteroatoms. The highest BCUT2D eigenvalue weighted by atomic mass is 16.4. The Morgan fingerprint density at radius 1 is 1.42 bits per heavy atom. The summed E-state index contributed by atoms with van der Waals surface area (Å²) in [5, 5.41) is 25.3. The zero-order chi connectivity index (χ0) is 9.72. The van der Waals surface area contributed by atoms with Gasteiger partial charge in [0.1, 0.15) is 0 Å². The number of carboxylic acid groups (broad SMARTS) is 1. The normalized spacial score (nSPS) is 12.7. The minimum Gasteiger partial charge on any atom is -0.495 e. The summed E-state index contributed by atoms with van der Waals surface area (Å²) in [6.45, 7) is 2.94. The van der Waals surface area contributed by atoms with E-state index in [1.165, 1.54) is 0 Å². The molecule has 0 spiro atoms. The van der Waals surface area contributed by atoms with Gasteiger partial charge in [-0.05, 0) is 6.58 Å². The second-order valence-corrected chi connectivity index (χ2v) is 1.79. The fourth-order valence-corrected chi connectivity index (χ4v) is 0.421. The van der Waals surface area contributed by atoms with Gasteiger partial charge in [-0.3, -0.25) is 0 Å². The molecule has 0 aliphatic rings. The van der Waals surface area contributed by atoms with Gasteiger partial charge in [-0.25, -0.2) is 9.79 Å². The lowest BCUT2D eigenvalue weighted by molar-refractivity contribution is -0.129. The van der Waals surface area contributed by atoms with Gasteiger partial charge in [0.25, 0.3) is 0 Å². The van der Waals surface area contributed by atoms with Crippen LogP contribution in [0, 0.1) is 0 Å². The molecular weight excluding hydrogens is 164 g/mol. The van der Waals surface area contributed by atoms with Gasteiger partial charge in [0.05, 0.1) is 0 Å². The zero-order valence-corrected chi connectivity index (χ0v) is 6.06. The number of carbonyl (C=O) groups is 1. The van der Waals surface area contributed by atoms with E-state index in [-0.39, 0.29) is 0 Å². The van der Waals surface area contributed by atoms with Crippen molar-refractivity contribution in [3.63, 3.8) is 0 Å². The Bertz CT molecular complexity index is 263. The van der Waals surface area contributed by atoms with E-state index in [1.54, 1.807) is 0 Å². The highest BCUT2D eigenvalue weighted by Gasteiger charge is 2.06. The molecule has 0 rings (SSSR count). The molecule has 0 fully saturated rings. The Hall–Kier alpha value is -1.98. The zero-order valence-electron chi connectivity index (χ0n) is 6.06. The largest absolute Gasteiger partial charge is 0.495 e. The van der Waals surface area contributed by atoms with Crippen molar-refractivity contribution in [2.24, 2.45) is 10.7 Å². The van der Waals surface area contributed by atoms with E-state index in [2.05, 4.69) is 11.6 Å². The Morgan fingerprint density at radius 2 is 1.92 bits per heavy atom. The van der Waals surface area contributed by atoms with E-state index in [9.17, 15) is 4.79 Å².